The Bertz CT molecular complexity index is 217. The molecule has 0 amide bonds. The predicted molar refractivity (Wildman–Crippen MR) is 70.8 cm³/mol. The van der Waals surface area contributed by atoms with Crippen LogP contribution in [0.25, 0.3) is 0 Å². The Kier molecular flexibility index (Phi) is 5.81. The molecule has 94 valence electrons. The first-order valence-corrected chi connectivity index (χ1v) is 6.72. The third kappa shape index (κ3) is 4.97. The zero-order chi connectivity index (χ0) is 12.0. The summed E-state index contributed by atoms with van der Waals surface area (Å²) in [6.45, 7) is 10.1. The molecule has 3 nitrogen and oxygen atoms in total. The Balaban J connectivity index is 2.14. The molecule has 0 spiro atoms. The summed E-state index contributed by atoms with van der Waals surface area (Å²) in [5, 5.41) is 0. The Morgan fingerprint density at radius 2 is 2.00 bits per heavy atom. The molecule has 0 radical (unpaired) electrons. The van der Waals surface area contributed by atoms with Gasteiger partial charge in [0.15, 0.2) is 0 Å². The van der Waals surface area contributed by atoms with Gasteiger partial charge in [-0.1, -0.05) is 13.8 Å². The number of amidine groups is 1. The first-order chi connectivity index (χ1) is 7.67. The summed E-state index contributed by atoms with van der Waals surface area (Å²) in [7, 11) is 0. The minimum atomic E-state index is 0.399. The van der Waals surface area contributed by atoms with E-state index in [9.17, 15) is 0 Å². The van der Waals surface area contributed by atoms with Crippen LogP contribution in [0.3, 0.4) is 0 Å². The van der Waals surface area contributed by atoms with Gasteiger partial charge in [0.2, 0.25) is 0 Å². The van der Waals surface area contributed by atoms with Crippen molar-refractivity contribution >= 4 is 5.84 Å². The standard InChI is InChI=1S/C13H27N3/c1-4-16(5-2)10-6-7-11(3)15-13(14)12-8-9-12/h11-12H,4-10H2,1-3H3,(H2,14,15). The summed E-state index contributed by atoms with van der Waals surface area (Å²) in [6.07, 6.45) is 4.89. The van der Waals surface area contributed by atoms with Crippen molar-refractivity contribution in [3.63, 3.8) is 0 Å². The van der Waals surface area contributed by atoms with Crippen molar-refractivity contribution in [3.8, 4) is 0 Å². The fraction of sp³-hybridized carbons (Fsp3) is 0.923. The van der Waals surface area contributed by atoms with Crippen molar-refractivity contribution in [2.45, 2.75) is 52.5 Å². The van der Waals surface area contributed by atoms with E-state index in [1.54, 1.807) is 0 Å². The third-order valence-electron chi connectivity index (χ3n) is 3.36. The molecular formula is C13H27N3. The van der Waals surface area contributed by atoms with Crippen LogP contribution in [0.5, 0.6) is 0 Å². The van der Waals surface area contributed by atoms with Crippen LogP contribution in [0.2, 0.25) is 0 Å². The maximum atomic E-state index is 5.90. The summed E-state index contributed by atoms with van der Waals surface area (Å²) >= 11 is 0. The van der Waals surface area contributed by atoms with Crippen LogP contribution in [0.1, 0.15) is 46.5 Å². The predicted octanol–water partition coefficient (Wildman–Crippen LogP) is 2.26. The van der Waals surface area contributed by atoms with Gasteiger partial charge in [-0.15, -0.1) is 0 Å². The molecule has 1 aliphatic carbocycles. The van der Waals surface area contributed by atoms with Crippen molar-refractivity contribution in [1.29, 1.82) is 0 Å². The van der Waals surface area contributed by atoms with E-state index in [-0.39, 0.29) is 0 Å². The summed E-state index contributed by atoms with van der Waals surface area (Å²) in [4.78, 5) is 7.02. The maximum Gasteiger partial charge on any atom is 0.0971 e. The maximum absolute atomic E-state index is 5.90. The lowest BCUT2D eigenvalue weighted by Gasteiger charge is -2.18. The van der Waals surface area contributed by atoms with Crippen LogP contribution in [0.4, 0.5) is 0 Å². The molecule has 0 saturated heterocycles. The highest BCUT2D eigenvalue weighted by atomic mass is 15.1. The summed E-state index contributed by atoms with van der Waals surface area (Å²) in [6, 6.07) is 0.399. The van der Waals surface area contributed by atoms with Crippen LogP contribution < -0.4 is 5.73 Å². The van der Waals surface area contributed by atoms with E-state index in [2.05, 4.69) is 30.7 Å². The molecule has 0 heterocycles. The molecule has 1 atom stereocenters. The summed E-state index contributed by atoms with van der Waals surface area (Å²) in [5.41, 5.74) is 5.90. The molecule has 0 aromatic heterocycles. The topological polar surface area (TPSA) is 41.6 Å². The lowest BCUT2D eigenvalue weighted by Crippen LogP contribution is -2.24. The molecule has 3 heteroatoms. The number of hydrogen-bond donors (Lipinski definition) is 1. The Morgan fingerprint density at radius 3 is 2.50 bits per heavy atom. The summed E-state index contributed by atoms with van der Waals surface area (Å²) < 4.78 is 0. The molecule has 1 unspecified atom stereocenters. The van der Waals surface area contributed by atoms with Gasteiger partial charge in [-0.3, -0.25) is 4.99 Å². The lowest BCUT2D eigenvalue weighted by molar-refractivity contribution is 0.294. The highest BCUT2D eigenvalue weighted by Gasteiger charge is 2.25. The minimum absolute atomic E-state index is 0.399. The second-order valence-corrected chi connectivity index (χ2v) is 4.85. The molecule has 1 saturated carbocycles. The van der Waals surface area contributed by atoms with Gasteiger partial charge in [0, 0.05) is 12.0 Å². The van der Waals surface area contributed by atoms with Crippen molar-refractivity contribution < 1.29 is 0 Å². The molecular weight excluding hydrogens is 198 g/mol. The van der Waals surface area contributed by atoms with Crippen LogP contribution in [-0.4, -0.2) is 36.4 Å². The van der Waals surface area contributed by atoms with Crippen molar-refractivity contribution in [2.75, 3.05) is 19.6 Å². The number of rotatable bonds is 8. The highest BCUT2D eigenvalue weighted by molar-refractivity contribution is 5.85. The molecule has 0 aliphatic heterocycles. The van der Waals surface area contributed by atoms with Gasteiger partial charge in [-0.25, -0.2) is 0 Å². The van der Waals surface area contributed by atoms with Crippen LogP contribution in [0, 0.1) is 5.92 Å². The molecule has 1 fully saturated rings. The minimum Gasteiger partial charge on any atom is -0.387 e. The van der Waals surface area contributed by atoms with Gasteiger partial charge in [0.25, 0.3) is 0 Å². The zero-order valence-corrected chi connectivity index (χ0v) is 11.1. The fourth-order valence-electron chi connectivity index (χ4n) is 1.95. The second-order valence-electron chi connectivity index (χ2n) is 4.85. The van der Waals surface area contributed by atoms with Gasteiger partial charge in [-0.2, -0.15) is 0 Å². The zero-order valence-electron chi connectivity index (χ0n) is 11.1. The van der Waals surface area contributed by atoms with Crippen LogP contribution >= 0.6 is 0 Å². The van der Waals surface area contributed by atoms with Gasteiger partial charge < -0.3 is 10.6 Å². The van der Waals surface area contributed by atoms with E-state index >= 15 is 0 Å². The molecule has 16 heavy (non-hydrogen) atoms. The SMILES string of the molecule is CCN(CC)CCCC(C)N=C(N)C1CC1. The van der Waals surface area contributed by atoms with Crippen molar-refractivity contribution in [2.24, 2.45) is 16.6 Å². The second kappa shape index (κ2) is 6.89. The van der Waals surface area contributed by atoms with Gasteiger partial charge in [0.05, 0.1) is 5.84 Å². The average Bonchev–Trinajstić information content (AvgIpc) is 3.08. The normalized spacial score (nSPS) is 19.1. The van der Waals surface area contributed by atoms with Gasteiger partial charge in [-0.05, 0) is 52.2 Å². The average molecular weight is 225 g/mol. The van der Waals surface area contributed by atoms with E-state index in [4.69, 9.17) is 5.73 Å². The number of nitrogens with zero attached hydrogens (tertiary/aromatic N) is 2. The molecule has 0 aromatic rings. The third-order valence-corrected chi connectivity index (χ3v) is 3.36. The molecule has 0 bridgehead atoms. The van der Waals surface area contributed by atoms with Crippen LogP contribution in [0.15, 0.2) is 4.99 Å². The number of aliphatic imine (C=N–C) groups is 1. The van der Waals surface area contributed by atoms with Crippen molar-refractivity contribution in [3.05, 3.63) is 0 Å². The largest absolute Gasteiger partial charge is 0.387 e. The fourth-order valence-corrected chi connectivity index (χ4v) is 1.95. The number of nitrogens with two attached hydrogens (primary N) is 1. The van der Waals surface area contributed by atoms with E-state index in [0.717, 1.165) is 25.3 Å². The van der Waals surface area contributed by atoms with Gasteiger partial charge >= 0.3 is 0 Å². The molecule has 2 N–H and O–H groups in total. The monoisotopic (exact) mass is 225 g/mol. The first-order valence-electron chi connectivity index (χ1n) is 6.72. The molecule has 1 aliphatic rings. The summed E-state index contributed by atoms with van der Waals surface area (Å²) in [5.74, 6) is 1.51. The Labute approximate surface area is 100 Å². The van der Waals surface area contributed by atoms with Crippen LogP contribution in [-0.2, 0) is 0 Å². The van der Waals surface area contributed by atoms with E-state index in [0.29, 0.717) is 12.0 Å². The van der Waals surface area contributed by atoms with Gasteiger partial charge in [0.1, 0.15) is 0 Å². The first kappa shape index (κ1) is 13.5. The smallest absolute Gasteiger partial charge is 0.0971 e. The molecule has 0 aromatic carbocycles. The number of hydrogen-bond acceptors (Lipinski definition) is 2. The quantitative estimate of drug-likeness (QED) is 0.508. The van der Waals surface area contributed by atoms with E-state index < -0.39 is 0 Å². The molecule has 1 rings (SSSR count). The highest BCUT2D eigenvalue weighted by Crippen LogP contribution is 2.29. The lowest BCUT2D eigenvalue weighted by atomic mass is 10.2. The Morgan fingerprint density at radius 1 is 1.38 bits per heavy atom. The van der Waals surface area contributed by atoms with Crippen molar-refractivity contribution in [1.82, 2.24) is 4.90 Å². The van der Waals surface area contributed by atoms with E-state index in [1.165, 1.54) is 25.8 Å². The van der Waals surface area contributed by atoms with E-state index in [1.807, 2.05) is 0 Å². The Hall–Kier alpha value is -0.570.